The molecule has 1 aromatic rings. The van der Waals surface area contributed by atoms with E-state index in [0.29, 0.717) is 5.92 Å². The van der Waals surface area contributed by atoms with Crippen LogP contribution in [0.2, 0.25) is 0 Å². The molecule has 0 bridgehead atoms. The van der Waals surface area contributed by atoms with Crippen LogP contribution in [0, 0.1) is 5.92 Å². The Morgan fingerprint density at radius 2 is 1.91 bits per heavy atom. The predicted octanol–water partition coefficient (Wildman–Crippen LogP) is 2.64. The second-order valence-electron chi connectivity index (χ2n) is 7.43. The van der Waals surface area contributed by atoms with Gasteiger partial charge in [-0.15, -0.1) is 0 Å². The number of aliphatic hydroxyl groups is 1. The molecular weight excluding hydrogens is 278 g/mol. The summed E-state index contributed by atoms with van der Waals surface area (Å²) >= 11 is 0. The number of amides is 1. The van der Waals surface area contributed by atoms with Crippen LogP contribution in [0.3, 0.4) is 0 Å². The molecule has 1 aliphatic carbocycles. The molecule has 4 nitrogen and oxygen atoms in total. The highest BCUT2D eigenvalue weighted by Gasteiger charge is 2.42. The first-order valence-electron chi connectivity index (χ1n) is 7.90. The first-order valence-corrected chi connectivity index (χ1v) is 7.90. The van der Waals surface area contributed by atoms with Crippen LogP contribution in [0.4, 0.5) is 0 Å². The van der Waals surface area contributed by atoms with Crippen molar-refractivity contribution in [1.29, 1.82) is 0 Å². The zero-order chi connectivity index (χ0) is 16.4. The van der Waals surface area contributed by atoms with Gasteiger partial charge in [0.15, 0.2) is 6.61 Å². The molecule has 0 spiro atoms. The Balaban J connectivity index is 1.97. The number of hydrogen-bond acceptors (Lipinski definition) is 3. The van der Waals surface area contributed by atoms with Crippen LogP contribution in [0.5, 0.6) is 5.75 Å². The molecule has 4 heteroatoms. The van der Waals surface area contributed by atoms with E-state index in [0.717, 1.165) is 24.2 Å². The van der Waals surface area contributed by atoms with Crippen molar-refractivity contribution in [3.63, 3.8) is 0 Å². The van der Waals surface area contributed by atoms with Crippen molar-refractivity contribution >= 4 is 5.91 Å². The van der Waals surface area contributed by atoms with Gasteiger partial charge >= 0.3 is 0 Å². The van der Waals surface area contributed by atoms with Gasteiger partial charge in [0.05, 0.1) is 12.1 Å². The molecule has 0 aliphatic heterocycles. The van der Waals surface area contributed by atoms with E-state index in [-0.39, 0.29) is 24.5 Å². The zero-order valence-corrected chi connectivity index (χ0v) is 14.0. The lowest BCUT2D eigenvalue weighted by Gasteiger charge is -2.29. The van der Waals surface area contributed by atoms with Gasteiger partial charge < -0.3 is 15.2 Å². The topological polar surface area (TPSA) is 58.6 Å². The zero-order valence-electron chi connectivity index (χ0n) is 14.0. The third-order valence-electron chi connectivity index (χ3n) is 4.29. The molecule has 2 N–H and O–H groups in total. The molecule has 1 atom stereocenters. The predicted molar refractivity (Wildman–Crippen MR) is 87.0 cm³/mol. The van der Waals surface area contributed by atoms with Crippen molar-refractivity contribution in [2.24, 2.45) is 5.92 Å². The van der Waals surface area contributed by atoms with Crippen molar-refractivity contribution in [2.45, 2.75) is 51.5 Å². The van der Waals surface area contributed by atoms with E-state index < -0.39 is 5.54 Å². The minimum atomic E-state index is -0.524. The molecule has 1 aliphatic rings. The molecule has 1 unspecified atom stereocenters. The van der Waals surface area contributed by atoms with Crippen molar-refractivity contribution < 1.29 is 14.6 Å². The summed E-state index contributed by atoms with van der Waals surface area (Å²) in [6, 6.07) is 7.79. The molecule has 1 amide bonds. The van der Waals surface area contributed by atoms with Gasteiger partial charge in [-0.3, -0.25) is 4.79 Å². The smallest absolute Gasteiger partial charge is 0.258 e. The number of carbonyl (C=O) groups excluding carboxylic acids is 1. The van der Waals surface area contributed by atoms with Crippen molar-refractivity contribution in [3.05, 3.63) is 29.8 Å². The normalized spacial score (nSPS) is 17.7. The highest BCUT2D eigenvalue weighted by atomic mass is 16.5. The largest absolute Gasteiger partial charge is 0.483 e. The first kappa shape index (κ1) is 16.8. The van der Waals surface area contributed by atoms with Gasteiger partial charge in [-0.1, -0.05) is 39.0 Å². The number of para-hydroxylation sites is 1. The SMILES string of the molecule is CC(C)(C)c1ccccc1OCC(=O)NC(C)(CO)C1CC1. The van der Waals surface area contributed by atoms with Crippen LogP contribution in [0.1, 0.15) is 46.1 Å². The van der Waals surface area contributed by atoms with Crippen LogP contribution in [-0.4, -0.2) is 29.8 Å². The Labute approximate surface area is 132 Å². The maximum Gasteiger partial charge on any atom is 0.258 e. The summed E-state index contributed by atoms with van der Waals surface area (Å²) in [4.78, 5) is 12.1. The lowest BCUT2D eigenvalue weighted by atomic mass is 9.86. The monoisotopic (exact) mass is 305 g/mol. The van der Waals surface area contributed by atoms with E-state index >= 15 is 0 Å². The van der Waals surface area contributed by atoms with Gasteiger partial charge in [-0.05, 0) is 42.7 Å². The fourth-order valence-electron chi connectivity index (χ4n) is 2.70. The molecular formula is C18H27NO3. The number of aliphatic hydroxyl groups excluding tert-OH is 1. The minimum absolute atomic E-state index is 0.0323. The van der Waals surface area contributed by atoms with Gasteiger partial charge in [0.25, 0.3) is 5.91 Å². The number of hydrogen-bond donors (Lipinski definition) is 2. The molecule has 0 saturated heterocycles. The fraction of sp³-hybridized carbons (Fsp3) is 0.611. The third kappa shape index (κ3) is 4.01. The average Bonchev–Trinajstić information content (AvgIpc) is 3.29. The minimum Gasteiger partial charge on any atom is -0.483 e. The van der Waals surface area contributed by atoms with E-state index in [1.165, 1.54) is 0 Å². The lowest BCUT2D eigenvalue weighted by molar-refractivity contribution is -0.125. The molecule has 0 heterocycles. The summed E-state index contributed by atoms with van der Waals surface area (Å²) in [7, 11) is 0. The third-order valence-corrected chi connectivity index (χ3v) is 4.29. The van der Waals surface area contributed by atoms with E-state index in [2.05, 4.69) is 26.1 Å². The molecule has 0 aromatic heterocycles. The van der Waals surface area contributed by atoms with E-state index in [1.807, 2.05) is 31.2 Å². The molecule has 2 rings (SSSR count). The first-order chi connectivity index (χ1) is 10.3. The molecule has 1 fully saturated rings. The van der Waals surface area contributed by atoms with Crippen LogP contribution in [-0.2, 0) is 10.2 Å². The number of carbonyl (C=O) groups is 1. The summed E-state index contributed by atoms with van der Waals surface area (Å²) in [5, 5.41) is 12.4. The second-order valence-corrected chi connectivity index (χ2v) is 7.43. The summed E-state index contributed by atoms with van der Waals surface area (Å²) < 4.78 is 5.72. The fourth-order valence-corrected chi connectivity index (χ4v) is 2.70. The van der Waals surface area contributed by atoms with Crippen LogP contribution in [0.15, 0.2) is 24.3 Å². The Morgan fingerprint density at radius 3 is 2.45 bits per heavy atom. The van der Waals surface area contributed by atoms with Crippen LogP contribution >= 0.6 is 0 Å². The van der Waals surface area contributed by atoms with Gasteiger partial charge in [0, 0.05) is 0 Å². The number of rotatable bonds is 6. The summed E-state index contributed by atoms with van der Waals surface area (Å²) in [5.41, 5.74) is 0.514. The highest BCUT2D eigenvalue weighted by molar-refractivity contribution is 5.78. The number of benzene rings is 1. The van der Waals surface area contributed by atoms with E-state index in [9.17, 15) is 9.90 Å². The number of nitrogens with one attached hydrogen (secondary N) is 1. The van der Waals surface area contributed by atoms with Gasteiger partial charge in [0.2, 0.25) is 0 Å². The Morgan fingerprint density at radius 1 is 1.27 bits per heavy atom. The maximum absolute atomic E-state index is 12.1. The second kappa shape index (κ2) is 6.29. The summed E-state index contributed by atoms with van der Waals surface area (Å²) in [6.07, 6.45) is 2.12. The average molecular weight is 305 g/mol. The van der Waals surface area contributed by atoms with Gasteiger partial charge in [0.1, 0.15) is 5.75 Å². The van der Waals surface area contributed by atoms with Crippen LogP contribution in [0.25, 0.3) is 0 Å². The van der Waals surface area contributed by atoms with Crippen molar-refractivity contribution in [3.8, 4) is 5.75 Å². The van der Waals surface area contributed by atoms with E-state index in [1.54, 1.807) is 0 Å². The standard InChI is InChI=1S/C18H27NO3/c1-17(2,3)14-7-5-6-8-15(14)22-11-16(21)19-18(4,12-20)13-9-10-13/h5-8,13,20H,9-12H2,1-4H3,(H,19,21). The number of ether oxygens (including phenoxy) is 1. The summed E-state index contributed by atoms with van der Waals surface area (Å²) in [6.45, 7) is 8.17. The molecule has 22 heavy (non-hydrogen) atoms. The van der Waals surface area contributed by atoms with Crippen LogP contribution < -0.4 is 10.1 Å². The molecule has 122 valence electrons. The maximum atomic E-state index is 12.1. The Hall–Kier alpha value is -1.55. The highest BCUT2D eigenvalue weighted by Crippen LogP contribution is 2.39. The van der Waals surface area contributed by atoms with Gasteiger partial charge in [-0.25, -0.2) is 0 Å². The quantitative estimate of drug-likeness (QED) is 0.849. The Bertz CT molecular complexity index is 531. The van der Waals surface area contributed by atoms with Gasteiger partial charge in [-0.2, -0.15) is 0 Å². The van der Waals surface area contributed by atoms with Crippen molar-refractivity contribution in [1.82, 2.24) is 5.32 Å². The molecule has 1 aromatic carbocycles. The van der Waals surface area contributed by atoms with Crippen molar-refractivity contribution in [2.75, 3.05) is 13.2 Å². The lowest BCUT2D eigenvalue weighted by Crippen LogP contribution is -2.52. The summed E-state index contributed by atoms with van der Waals surface area (Å²) in [5.74, 6) is 0.928. The Kier molecular flexibility index (Phi) is 4.81. The molecule has 1 saturated carbocycles. The molecule has 0 radical (unpaired) electrons. The van der Waals surface area contributed by atoms with E-state index in [4.69, 9.17) is 4.74 Å².